The van der Waals surface area contributed by atoms with E-state index in [-0.39, 0.29) is 17.3 Å². The number of esters is 1. The van der Waals surface area contributed by atoms with Gasteiger partial charge in [-0.25, -0.2) is 4.79 Å². The van der Waals surface area contributed by atoms with Crippen LogP contribution in [0.25, 0.3) is 6.08 Å². The minimum absolute atomic E-state index is 0.00574. The van der Waals surface area contributed by atoms with Gasteiger partial charge in [-0.2, -0.15) is 0 Å². The standard InChI is InChI=1S/C20H26N2O5/c1-26-19(23)8-6-15-5-7-17(18(13-15)22(24)25)21-16-9-12-27-20(14-16)10-3-2-4-11-20/h5-8,13,16,21H,2-4,9-12,14H2,1H3/b8-6+. The molecule has 1 heterocycles. The summed E-state index contributed by atoms with van der Waals surface area (Å²) in [5.74, 6) is -0.500. The zero-order chi connectivity index (χ0) is 19.3. The molecule has 3 rings (SSSR count). The molecule has 0 amide bonds. The Morgan fingerprint density at radius 3 is 2.85 bits per heavy atom. The van der Waals surface area contributed by atoms with Crippen LogP contribution in [0.1, 0.15) is 50.5 Å². The highest BCUT2D eigenvalue weighted by Crippen LogP contribution is 2.40. The molecular formula is C20H26N2O5. The van der Waals surface area contributed by atoms with E-state index in [1.807, 2.05) is 0 Å². The molecule has 146 valence electrons. The number of benzene rings is 1. The Balaban J connectivity index is 1.74. The molecule has 0 bridgehead atoms. The topological polar surface area (TPSA) is 90.7 Å². The van der Waals surface area contributed by atoms with Gasteiger partial charge in [0.2, 0.25) is 0 Å². The number of hydrogen-bond donors (Lipinski definition) is 1. The summed E-state index contributed by atoms with van der Waals surface area (Å²) in [6.45, 7) is 0.686. The van der Waals surface area contributed by atoms with Crippen LogP contribution in [-0.4, -0.2) is 36.3 Å². The largest absolute Gasteiger partial charge is 0.466 e. The summed E-state index contributed by atoms with van der Waals surface area (Å²) in [6, 6.07) is 5.09. The highest BCUT2D eigenvalue weighted by molar-refractivity contribution is 5.87. The third-order valence-electron chi connectivity index (χ3n) is 5.45. The van der Waals surface area contributed by atoms with Crippen molar-refractivity contribution in [3.8, 4) is 0 Å². The Labute approximate surface area is 158 Å². The number of hydrogen-bond acceptors (Lipinski definition) is 6. The minimum Gasteiger partial charge on any atom is -0.466 e. The zero-order valence-corrected chi connectivity index (χ0v) is 15.6. The molecule has 1 saturated heterocycles. The van der Waals surface area contributed by atoms with Crippen LogP contribution < -0.4 is 5.32 Å². The average molecular weight is 374 g/mol. The second kappa shape index (κ2) is 8.52. The van der Waals surface area contributed by atoms with E-state index in [9.17, 15) is 14.9 Å². The van der Waals surface area contributed by atoms with Gasteiger partial charge >= 0.3 is 5.97 Å². The number of ether oxygens (including phenoxy) is 2. The number of rotatable bonds is 5. The van der Waals surface area contributed by atoms with Gasteiger partial charge in [-0.05, 0) is 43.4 Å². The number of nitrogens with one attached hydrogen (secondary N) is 1. The monoisotopic (exact) mass is 374 g/mol. The molecule has 1 aliphatic carbocycles. The Hall–Kier alpha value is -2.41. The molecule has 7 heteroatoms. The summed E-state index contributed by atoms with van der Waals surface area (Å²) < 4.78 is 10.7. The molecule has 1 unspecified atom stereocenters. The van der Waals surface area contributed by atoms with E-state index in [0.29, 0.717) is 17.9 Å². The molecule has 1 aromatic carbocycles. The minimum atomic E-state index is -0.500. The second-order valence-electron chi connectivity index (χ2n) is 7.32. The number of anilines is 1. The van der Waals surface area contributed by atoms with E-state index in [1.165, 1.54) is 44.6 Å². The lowest BCUT2D eigenvalue weighted by Crippen LogP contribution is -2.45. The van der Waals surface area contributed by atoms with E-state index in [1.54, 1.807) is 12.1 Å². The van der Waals surface area contributed by atoms with Gasteiger partial charge in [0.25, 0.3) is 5.69 Å². The first-order chi connectivity index (χ1) is 13.0. The smallest absolute Gasteiger partial charge is 0.330 e. The van der Waals surface area contributed by atoms with Crippen molar-refractivity contribution in [2.75, 3.05) is 19.0 Å². The summed E-state index contributed by atoms with van der Waals surface area (Å²) in [7, 11) is 1.29. The van der Waals surface area contributed by atoms with Gasteiger partial charge < -0.3 is 14.8 Å². The normalized spacial score (nSPS) is 21.9. The summed E-state index contributed by atoms with van der Waals surface area (Å²) in [6.07, 6.45) is 10.3. The third kappa shape index (κ3) is 4.86. The van der Waals surface area contributed by atoms with Crippen LogP contribution >= 0.6 is 0 Å². The van der Waals surface area contributed by atoms with Gasteiger partial charge in [0.1, 0.15) is 5.69 Å². The maximum Gasteiger partial charge on any atom is 0.330 e. The van der Waals surface area contributed by atoms with Crippen molar-refractivity contribution >= 4 is 23.4 Å². The molecule has 1 spiro atoms. The Bertz CT molecular complexity index is 720. The fraction of sp³-hybridized carbons (Fsp3) is 0.550. The average Bonchev–Trinajstić information content (AvgIpc) is 2.67. The van der Waals surface area contributed by atoms with Crippen LogP contribution in [0.3, 0.4) is 0 Å². The first-order valence-corrected chi connectivity index (χ1v) is 9.46. The molecule has 1 aliphatic heterocycles. The first-order valence-electron chi connectivity index (χ1n) is 9.46. The third-order valence-corrected chi connectivity index (χ3v) is 5.45. The van der Waals surface area contributed by atoms with Crippen molar-refractivity contribution < 1.29 is 19.2 Å². The van der Waals surface area contributed by atoms with Crippen LogP contribution in [0.15, 0.2) is 24.3 Å². The van der Waals surface area contributed by atoms with Gasteiger partial charge in [-0.1, -0.05) is 25.3 Å². The second-order valence-corrected chi connectivity index (χ2v) is 7.32. The van der Waals surface area contributed by atoms with E-state index in [4.69, 9.17) is 4.74 Å². The van der Waals surface area contributed by atoms with E-state index in [2.05, 4.69) is 10.1 Å². The van der Waals surface area contributed by atoms with Crippen LogP contribution in [0.4, 0.5) is 11.4 Å². The van der Waals surface area contributed by atoms with Crippen LogP contribution in [-0.2, 0) is 14.3 Å². The first kappa shape index (κ1) is 19.4. The molecule has 7 nitrogen and oxygen atoms in total. The van der Waals surface area contributed by atoms with Crippen molar-refractivity contribution in [1.29, 1.82) is 0 Å². The number of carbonyl (C=O) groups excluding carboxylic acids is 1. The maximum absolute atomic E-state index is 11.5. The van der Waals surface area contributed by atoms with Gasteiger partial charge in [0.15, 0.2) is 0 Å². The van der Waals surface area contributed by atoms with Crippen molar-refractivity contribution in [1.82, 2.24) is 0 Å². The molecule has 2 aliphatic rings. The summed E-state index contributed by atoms with van der Waals surface area (Å²) in [5, 5.41) is 14.9. The SMILES string of the molecule is COC(=O)/C=C/c1ccc(NC2CCOC3(CCCCC3)C2)c([N+](=O)[O-])c1. The molecule has 1 N–H and O–H groups in total. The zero-order valence-electron chi connectivity index (χ0n) is 15.6. The predicted molar refractivity (Wildman–Crippen MR) is 103 cm³/mol. The van der Waals surface area contributed by atoms with Crippen LogP contribution in [0.5, 0.6) is 0 Å². The molecule has 1 saturated carbocycles. The number of nitrogens with zero attached hydrogens (tertiary/aromatic N) is 1. The quantitative estimate of drug-likeness (QED) is 0.361. The predicted octanol–water partition coefficient (Wildman–Crippen LogP) is 4.07. The van der Waals surface area contributed by atoms with Gasteiger partial charge in [0, 0.05) is 24.8 Å². The lowest BCUT2D eigenvalue weighted by atomic mass is 9.78. The molecule has 1 aromatic rings. The Kier molecular flexibility index (Phi) is 6.11. The van der Waals surface area contributed by atoms with Crippen molar-refractivity contribution in [3.63, 3.8) is 0 Å². The van der Waals surface area contributed by atoms with Gasteiger partial charge in [0.05, 0.1) is 17.6 Å². The molecule has 27 heavy (non-hydrogen) atoms. The highest BCUT2D eigenvalue weighted by Gasteiger charge is 2.38. The van der Waals surface area contributed by atoms with E-state index < -0.39 is 10.9 Å². The van der Waals surface area contributed by atoms with Crippen molar-refractivity contribution in [2.24, 2.45) is 0 Å². The molecule has 0 aromatic heterocycles. The van der Waals surface area contributed by atoms with Crippen LogP contribution in [0, 0.1) is 10.1 Å². The maximum atomic E-state index is 11.5. The summed E-state index contributed by atoms with van der Waals surface area (Å²) >= 11 is 0. The van der Waals surface area contributed by atoms with E-state index in [0.717, 1.165) is 25.7 Å². The number of carbonyl (C=O) groups is 1. The molecule has 2 fully saturated rings. The number of nitro benzene ring substituents is 1. The molecular weight excluding hydrogens is 348 g/mol. The Morgan fingerprint density at radius 2 is 2.15 bits per heavy atom. The summed E-state index contributed by atoms with van der Waals surface area (Å²) in [4.78, 5) is 22.3. The lowest BCUT2D eigenvalue weighted by molar-refractivity contribution is -0.384. The summed E-state index contributed by atoms with van der Waals surface area (Å²) in [5.41, 5.74) is 1.03. The van der Waals surface area contributed by atoms with Crippen molar-refractivity contribution in [3.05, 3.63) is 40.0 Å². The Morgan fingerprint density at radius 1 is 1.37 bits per heavy atom. The number of methoxy groups -OCH3 is 1. The fourth-order valence-corrected chi connectivity index (χ4v) is 4.07. The van der Waals surface area contributed by atoms with Gasteiger partial charge in [-0.3, -0.25) is 10.1 Å². The van der Waals surface area contributed by atoms with Crippen LogP contribution in [0.2, 0.25) is 0 Å². The highest BCUT2D eigenvalue weighted by atomic mass is 16.6. The number of nitro groups is 1. The van der Waals surface area contributed by atoms with Gasteiger partial charge in [-0.15, -0.1) is 0 Å². The fourth-order valence-electron chi connectivity index (χ4n) is 4.07. The van der Waals surface area contributed by atoms with Crippen molar-refractivity contribution in [2.45, 2.75) is 56.6 Å². The lowest BCUT2D eigenvalue weighted by Gasteiger charge is -2.43. The molecule has 1 atom stereocenters. The molecule has 0 radical (unpaired) electrons. The van der Waals surface area contributed by atoms with E-state index >= 15 is 0 Å².